The molecule has 3 fully saturated rings. The summed E-state index contributed by atoms with van der Waals surface area (Å²) in [5.74, 6) is 1.27. The minimum absolute atomic E-state index is 0.0241. The molecule has 1 saturated carbocycles. The Morgan fingerprint density at radius 1 is 1.17 bits per heavy atom. The zero-order chi connectivity index (χ0) is 15.2. The fourth-order valence-electron chi connectivity index (χ4n) is 6.35. The van der Waals surface area contributed by atoms with Crippen molar-refractivity contribution in [1.82, 2.24) is 5.32 Å². The van der Waals surface area contributed by atoms with Crippen molar-refractivity contribution in [3.8, 4) is 5.75 Å². The zero-order valence-corrected chi connectivity index (χ0v) is 13.6. The molecule has 3 aliphatic heterocycles. The van der Waals surface area contributed by atoms with Crippen LogP contribution in [0.1, 0.15) is 36.0 Å². The van der Waals surface area contributed by atoms with Gasteiger partial charge in [-0.05, 0) is 49.8 Å². The first-order valence-electron chi connectivity index (χ1n) is 9.05. The van der Waals surface area contributed by atoms with E-state index in [-0.39, 0.29) is 11.5 Å². The van der Waals surface area contributed by atoms with Gasteiger partial charge in [-0.2, -0.15) is 0 Å². The van der Waals surface area contributed by atoms with Crippen molar-refractivity contribution in [1.29, 1.82) is 0 Å². The molecule has 2 unspecified atom stereocenters. The Bertz CT molecular complexity index is 696. The van der Waals surface area contributed by atoms with Gasteiger partial charge in [0.1, 0.15) is 5.75 Å². The maximum absolute atomic E-state index is 6.67. The van der Waals surface area contributed by atoms with Gasteiger partial charge in [0, 0.05) is 23.4 Å². The Labute approximate surface area is 136 Å². The lowest BCUT2D eigenvalue weighted by Crippen LogP contribution is -2.69. The molecule has 5 aliphatic rings. The van der Waals surface area contributed by atoms with Crippen LogP contribution < -0.4 is 10.1 Å². The van der Waals surface area contributed by atoms with E-state index in [1.807, 2.05) is 0 Å². The molecular formula is C19H23NO3. The topological polar surface area (TPSA) is 39.7 Å². The normalized spacial score (nSPS) is 41.7. The lowest BCUT2D eigenvalue weighted by atomic mass is 9.51. The minimum atomic E-state index is -0.515. The summed E-state index contributed by atoms with van der Waals surface area (Å²) in [6, 6.07) is 5.13. The summed E-state index contributed by atoms with van der Waals surface area (Å²) in [4.78, 5) is 0. The highest BCUT2D eigenvalue weighted by atomic mass is 16.8. The first kappa shape index (κ1) is 13.2. The van der Waals surface area contributed by atoms with E-state index in [2.05, 4.69) is 24.4 Å². The molecule has 2 bridgehead atoms. The van der Waals surface area contributed by atoms with Crippen molar-refractivity contribution in [2.45, 2.75) is 56.0 Å². The van der Waals surface area contributed by atoms with Crippen LogP contribution in [-0.2, 0) is 21.3 Å². The predicted molar refractivity (Wildman–Crippen MR) is 84.7 cm³/mol. The SMILES string of the molecule is Cc1ccc2c3c1O[C@@H]1C4(CCC5C(C2)NCC[C@]351)OCCO4. The Balaban J connectivity index is 1.64. The molecule has 2 aliphatic carbocycles. The number of nitrogens with one attached hydrogen (secondary N) is 1. The van der Waals surface area contributed by atoms with Crippen LogP contribution in [-0.4, -0.2) is 37.7 Å². The Morgan fingerprint density at radius 3 is 2.91 bits per heavy atom. The quantitative estimate of drug-likeness (QED) is 0.796. The van der Waals surface area contributed by atoms with Gasteiger partial charge in [-0.1, -0.05) is 12.1 Å². The third kappa shape index (κ3) is 1.37. The molecule has 122 valence electrons. The highest BCUT2D eigenvalue weighted by Crippen LogP contribution is 2.64. The molecule has 4 atom stereocenters. The van der Waals surface area contributed by atoms with Crippen molar-refractivity contribution in [3.05, 3.63) is 28.8 Å². The minimum Gasteiger partial charge on any atom is -0.483 e. The van der Waals surface area contributed by atoms with Crippen molar-refractivity contribution >= 4 is 0 Å². The van der Waals surface area contributed by atoms with Crippen LogP contribution in [0.2, 0.25) is 0 Å². The van der Waals surface area contributed by atoms with Crippen molar-refractivity contribution in [2.75, 3.05) is 19.8 Å². The van der Waals surface area contributed by atoms with Gasteiger partial charge >= 0.3 is 0 Å². The molecule has 4 nitrogen and oxygen atoms in total. The second-order valence-electron chi connectivity index (χ2n) is 7.95. The van der Waals surface area contributed by atoms with Crippen LogP contribution in [0.25, 0.3) is 0 Å². The van der Waals surface area contributed by atoms with E-state index in [1.165, 1.54) is 23.1 Å². The maximum atomic E-state index is 6.67. The van der Waals surface area contributed by atoms with Crippen LogP contribution in [0.15, 0.2) is 12.1 Å². The summed E-state index contributed by atoms with van der Waals surface area (Å²) in [6.07, 6.45) is 4.43. The molecule has 6 rings (SSSR count). The smallest absolute Gasteiger partial charge is 0.206 e. The highest BCUT2D eigenvalue weighted by molar-refractivity contribution is 5.58. The number of fused-ring (bicyclic) bond motifs is 1. The first-order chi connectivity index (χ1) is 11.2. The second kappa shape index (κ2) is 4.11. The van der Waals surface area contributed by atoms with Gasteiger partial charge in [0.05, 0.1) is 13.2 Å². The fourth-order valence-corrected chi connectivity index (χ4v) is 6.35. The lowest BCUT2D eigenvalue weighted by molar-refractivity contribution is -0.256. The van der Waals surface area contributed by atoms with Gasteiger partial charge in [-0.3, -0.25) is 0 Å². The van der Waals surface area contributed by atoms with Gasteiger partial charge in [-0.25, -0.2) is 0 Å². The molecule has 0 aromatic heterocycles. The molecule has 1 aromatic carbocycles. The molecule has 0 radical (unpaired) electrons. The molecule has 0 amide bonds. The van der Waals surface area contributed by atoms with Gasteiger partial charge in [-0.15, -0.1) is 0 Å². The van der Waals surface area contributed by atoms with Crippen LogP contribution in [0.5, 0.6) is 5.75 Å². The van der Waals surface area contributed by atoms with Gasteiger partial charge in [0.15, 0.2) is 6.10 Å². The fraction of sp³-hybridized carbons (Fsp3) is 0.684. The number of aryl methyl sites for hydroxylation is 1. The monoisotopic (exact) mass is 313 g/mol. The Hall–Kier alpha value is -1.10. The van der Waals surface area contributed by atoms with E-state index in [0.717, 1.165) is 31.6 Å². The number of benzene rings is 1. The van der Waals surface area contributed by atoms with E-state index < -0.39 is 5.79 Å². The third-order valence-corrected chi connectivity index (χ3v) is 7.12. The summed E-state index contributed by atoms with van der Waals surface area (Å²) in [5, 5.41) is 3.79. The summed E-state index contributed by atoms with van der Waals surface area (Å²) < 4.78 is 19.1. The maximum Gasteiger partial charge on any atom is 0.206 e. The van der Waals surface area contributed by atoms with E-state index >= 15 is 0 Å². The summed E-state index contributed by atoms with van der Waals surface area (Å²) in [5.41, 5.74) is 4.34. The largest absolute Gasteiger partial charge is 0.483 e. The van der Waals surface area contributed by atoms with Crippen molar-refractivity contribution in [3.63, 3.8) is 0 Å². The second-order valence-corrected chi connectivity index (χ2v) is 7.95. The molecule has 1 N–H and O–H groups in total. The summed E-state index contributed by atoms with van der Waals surface area (Å²) in [6.45, 7) is 4.65. The molecule has 3 heterocycles. The Morgan fingerprint density at radius 2 is 2.04 bits per heavy atom. The van der Waals surface area contributed by atoms with Crippen LogP contribution in [0.3, 0.4) is 0 Å². The lowest BCUT2D eigenvalue weighted by Gasteiger charge is -2.58. The number of ether oxygens (including phenoxy) is 3. The van der Waals surface area contributed by atoms with Crippen molar-refractivity contribution in [2.24, 2.45) is 5.92 Å². The molecule has 4 heteroatoms. The number of hydrogen-bond donors (Lipinski definition) is 1. The van der Waals surface area contributed by atoms with Crippen LogP contribution in [0, 0.1) is 12.8 Å². The van der Waals surface area contributed by atoms with Gasteiger partial charge < -0.3 is 19.5 Å². The first-order valence-corrected chi connectivity index (χ1v) is 9.05. The molecule has 1 aromatic rings. The van der Waals surface area contributed by atoms with E-state index in [4.69, 9.17) is 14.2 Å². The summed E-state index contributed by atoms with van der Waals surface area (Å²) in [7, 11) is 0. The van der Waals surface area contributed by atoms with E-state index in [1.54, 1.807) is 0 Å². The standard InChI is InChI=1S/C19H23NO3/c1-11-2-3-12-10-14-13-4-5-19(21-8-9-22-19)17-18(13,6-7-20-14)15(12)16(11)23-17/h2-3,13-14,17,20H,4-10H2,1H3/t13?,14?,17-,18+/m0/s1. The van der Waals surface area contributed by atoms with Crippen molar-refractivity contribution < 1.29 is 14.2 Å². The third-order valence-electron chi connectivity index (χ3n) is 7.12. The van der Waals surface area contributed by atoms with E-state index in [0.29, 0.717) is 25.2 Å². The average Bonchev–Trinajstić information content (AvgIpc) is 3.14. The highest BCUT2D eigenvalue weighted by Gasteiger charge is 2.70. The molecule has 2 saturated heterocycles. The Kier molecular flexibility index (Phi) is 2.36. The average molecular weight is 313 g/mol. The summed E-state index contributed by atoms with van der Waals surface area (Å²) >= 11 is 0. The molecule has 2 spiro atoms. The van der Waals surface area contributed by atoms with Crippen LogP contribution >= 0.6 is 0 Å². The van der Waals surface area contributed by atoms with Crippen LogP contribution in [0.4, 0.5) is 0 Å². The molecular weight excluding hydrogens is 290 g/mol. The predicted octanol–water partition coefficient (Wildman–Crippen LogP) is 2.06. The van der Waals surface area contributed by atoms with E-state index in [9.17, 15) is 0 Å². The zero-order valence-electron chi connectivity index (χ0n) is 13.6. The van der Waals surface area contributed by atoms with Gasteiger partial charge in [0.2, 0.25) is 5.79 Å². The number of rotatable bonds is 0. The van der Waals surface area contributed by atoms with Gasteiger partial charge in [0.25, 0.3) is 0 Å². The molecule has 23 heavy (non-hydrogen) atoms. The number of hydrogen-bond acceptors (Lipinski definition) is 4. The number of piperidine rings is 1.